The van der Waals surface area contributed by atoms with Crippen molar-refractivity contribution in [1.82, 2.24) is 24.1 Å². The number of nitrogens with one attached hydrogen (secondary N) is 1. The molecule has 0 atom stereocenters. The van der Waals surface area contributed by atoms with E-state index in [1.807, 2.05) is 40.9 Å². The summed E-state index contributed by atoms with van der Waals surface area (Å²) in [6.07, 6.45) is 3.68. The molecule has 35 heavy (non-hydrogen) atoms. The smallest absolute Gasteiger partial charge is 0.294 e. The summed E-state index contributed by atoms with van der Waals surface area (Å²) >= 11 is 0. The predicted molar refractivity (Wildman–Crippen MR) is 132 cm³/mol. The van der Waals surface area contributed by atoms with E-state index in [1.54, 1.807) is 28.9 Å². The summed E-state index contributed by atoms with van der Waals surface area (Å²) in [4.78, 5) is 22.8. The third-order valence-corrected chi connectivity index (χ3v) is 6.17. The van der Waals surface area contributed by atoms with Gasteiger partial charge in [-0.1, -0.05) is 18.2 Å². The monoisotopic (exact) mass is 470 g/mol. The number of benzene rings is 2. The molecule has 1 aliphatic rings. The summed E-state index contributed by atoms with van der Waals surface area (Å²) in [7, 11) is 1.99. The van der Waals surface area contributed by atoms with Gasteiger partial charge in [0.05, 0.1) is 24.3 Å². The Morgan fingerprint density at radius 1 is 1.09 bits per heavy atom. The minimum absolute atomic E-state index is 0.0246. The van der Waals surface area contributed by atoms with Crippen molar-refractivity contribution in [2.75, 3.05) is 36.5 Å². The van der Waals surface area contributed by atoms with Crippen molar-refractivity contribution in [2.24, 2.45) is 7.05 Å². The topological polar surface area (TPSA) is 116 Å². The zero-order valence-electron chi connectivity index (χ0n) is 19.0. The highest BCUT2D eigenvalue weighted by Crippen LogP contribution is 2.33. The van der Waals surface area contributed by atoms with E-state index in [-0.39, 0.29) is 10.6 Å². The van der Waals surface area contributed by atoms with Gasteiger partial charge in [-0.2, -0.15) is 19.6 Å². The maximum Gasteiger partial charge on any atom is 0.294 e. The lowest BCUT2D eigenvalue weighted by Gasteiger charge is -2.28. The number of ether oxygens (including phenoxy) is 1. The van der Waals surface area contributed by atoms with Gasteiger partial charge < -0.3 is 19.5 Å². The summed E-state index contributed by atoms with van der Waals surface area (Å²) in [5.74, 6) is 0.952. The first-order valence-electron chi connectivity index (χ1n) is 11.2. The molecule has 0 aliphatic carbocycles. The van der Waals surface area contributed by atoms with Crippen LogP contribution in [0.2, 0.25) is 0 Å². The number of aryl methyl sites for hydroxylation is 1. The zero-order valence-corrected chi connectivity index (χ0v) is 19.0. The molecule has 6 rings (SSSR count). The van der Waals surface area contributed by atoms with Crippen LogP contribution in [-0.4, -0.2) is 55.4 Å². The Morgan fingerprint density at radius 3 is 2.74 bits per heavy atom. The number of aromatic nitrogens is 5. The van der Waals surface area contributed by atoms with Gasteiger partial charge in [-0.05, 0) is 18.2 Å². The normalized spacial score (nSPS) is 14.0. The number of anilines is 3. The van der Waals surface area contributed by atoms with Crippen molar-refractivity contribution < 1.29 is 9.66 Å². The minimum atomic E-state index is -0.363. The summed E-state index contributed by atoms with van der Waals surface area (Å²) in [5.41, 5.74) is 3.73. The van der Waals surface area contributed by atoms with Crippen LogP contribution in [0.5, 0.6) is 0 Å². The second kappa shape index (κ2) is 8.37. The van der Waals surface area contributed by atoms with Crippen LogP contribution < -0.4 is 10.2 Å². The molecule has 2 aromatic carbocycles. The molecule has 1 fully saturated rings. The SMILES string of the molecule is Cn1cc(-c2nc(Nc3ccc(N4CCOCC4)c([N+](=O)[O-])c3)nc3ccnn23)c2ccccc21. The number of hydrogen-bond donors (Lipinski definition) is 1. The second-order valence-corrected chi connectivity index (χ2v) is 8.33. The molecule has 0 amide bonds. The van der Waals surface area contributed by atoms with E-state index in [9.17, 15) is 10.1 Å². The number of rotatable bonds is 5. The number of nitro benzene ring substituents is 1. The van der Waals surface area contributed by atoms with Gasteiger partial charge in [-0.3, -0.25) is 10.1 Å². The summed E-state index contributed by atoms with van der Waals surface area (Å²) < 4.78 is 9.12. The summed E-state index contributed by atoms with van der Waals surface area (Å²) in [6.45, 7) is 2.33. The van der Waals surface area contributed by atoms with Crippen molar-refractivity contribution in [1.29, 1.82) is 0 Å². The van der Waals surface area contributed by atoms with Crippen LogP contribution >= 0.6 is 0 Å². The van der Waals surface area contributed by atoms with Crippen LogP contribution in [0.1, 0.15) is 0 Å². The largest absolute Gasteiger partial charge is 0.378 e. The molecule has 3 aromatic heterocycles. The maximum atomic E-state index is 11.8. The Hall–Kier alpha value is -4.51. The van der Waals surface area contributed by atoms with Gasteiger partial charge in [0.15, 0.2) is 11.5 Å². The quantitative estimate of drug-likeness (QED) is 0.305. The van der Waals surface area contributed by atoms with E-state index in [4.69, 9.17) is 9.72 Å². The lowest BCUT2D eigenvalue weighted by Crippen LogP contribution is -2.36. The van der Waals surface area contributed by atoms with E-state index >= 15 is 0 Å². The number of fused-ring (bicyclic) bond motifs is 2. The number of nitro groups is 1. The Bertz CT molecular complexity index is 1570. The molecule has 1 N–H and O–H groups in total. The van der Waals surface area contributed by atoms with E-state index in [2.05, 4.69) is 21.5 Å². The van der Waals surface area contributed by atoms with Crippen LogP contribution in [0.15, 0.2) is 60.9 Å². The lowest BCUT2D eigenvalue weighted by atomic mass is 10.1. The van der Waals surface area contributed by atoms with Crippen LogP contribution in [0.25, 0.3) is 27.9 Å². The first kappa shape index (κ1) is 21.1. The molecule has 1 aliphatic heterocycles. The van der Waals surface area contributed by atoms with E-state index in [0.29, 0.717) is 55.1 Å². The first-order valence-corrected chi connectivity index (χ1v) is 11.2. The lowest BCUT2D eigenvalue weighted by molar-refractivity contribution is -0.384. The van der Waals surface area contributed by atoms with Crippen molar-refractivity contribution in [3.05, 3.63) is 71.0 Å². The Labute approximate surface area is 199 Å². The van der Waals surface area contributed by atoms with Gasteiger partial charge in [0.2, 0.25) is 5.95 Å². The second-order valence-electron chi connectivity index (χ2n) is 8.33. The fourth-order valence-electron chi connectivity index (χ4n) is 4.52. The van der Waals surface area contributed by atoms with Gasteiger partial charge in [-0.15, -0.1) is 0 Å². The van der Waals surface area contributed by atoms with Gasteiger partial charge in [0, 0.05) is 60.6 Å². The molecular formula is C24H22N8O3. The highest BCUT2D eigenvalue weighted by Gasteiger charge is 2.22. The van der Waals surface area contributed by atoms with Gasteiger partial charge in [0.1, 0.15) is 5.69 Å². The van der Waals surface area contributed by atoms with Crippen LogP contribution in [-0.2, 0) is 11.8 Å². The van der Waals surface area contributed by atoms with Crippen molar-refractivity contribution in [2.45, 2.75) is 0 Å². The Kier molecular flexibility index (Phi) is 5.03. The van der Waals surface area contributed by atoms with Gasteiger partial charge in [0.25, 0.3) is 5.69 Å². The predicted octanol–water partition coefficient (Wildman–Crippen LogP) is 3.77. The molecule has 11 heteroatoms. The first-order chi connectivity index (χ1) is 17.1. The third kappa shape index (κ3) is 3.71. The molecule has 0 saturated carbocycles. The fraction of sp³-hybridized carbons (Fsp3) is 0.208. The standard InChI is InChI=1S/C24H22N8O3/c1-29-15-18(17-4-2-3-5-19(17)29)23-28-24(27-22-8-9-25-31(22)23)26-16-6-7-20(21(14-16)32(33)34)30-10-12-35-13-11-30/h2-9,14-15H,10-13H2,1H3,(H,26,27). The van der Waals surface area contributed by atoms with Crippen molar-refractivity contribution in [3.63, 3.8) is 0 Å². The average molecular weight is 470 g/mol. The molecule has 0 radical (unpaired) electrons. The Morgan fingerprint density at radius 2 is 1.91 bits per heavy atom. The van der Waals surface area contributed by atoms with Crippen molar-refractivity contribution >= 4 is 39.6 Å². The number of para-hydroxylation sites is 1. The van der Waals surface area contributed by atoms with Crippen LogP contribution in [0.4, 0.5) is 23.0 Å². The third-order valence-electron chi connectivity index (χ3n) is 6.17. The fourth-order valence-corrected chi connectivity index (χ4v) is 4.52. The van der Waals surface area contributed by atoms with E-state index < -0.39 is 0 Å². The minimum Gasteiger partial charge on any atom is -0.378 e. The molecule has 0 bridgehead atoms. The van der Waals surface area contributed by atoms with E-state index in [1.165, 1.54) is 6.07 Å². The zero-order chi connectivity index (χ0) is 23.9. The van der Waals surface area contributed by atoms with Crippen LogP contribution in [0.3, 0.4) is 0 Å². The maximum absolute atomic E-state index is 11.8. The summed E-state index contributed by atoms with van der Waals surface area (Å²) in [5, 5.41) is 20.5. The Balaban J connectivity index is 1.41. The molecule has 1 saturated heterocycles. The summed E-state index contributed by atoms with van der Waals surface area (Å²) in [6, 6.07) is 15.0. The van der Waals surface area contributed by atoms with Crippen LogP contribution in [0, 0.1) is 10.1 Å². The highest BCUT2D eigenvalue weighted by atomic mass is 16.6. The molecule has 11 nitrogen and oxygen atoms in total. The molecule has 5 aromatic rings. The van der Waals surface area contributed by atoms with Gasteiger partial charge in [-0.25, -0.2) is 0 Å². The number of morpholine rings is 1. The van der Waals surface area contributed by atoms with E-state index in [0.717, 1.165) is 16.5 Å². The van der Waals surface area contributed by atoms with Gasteiger partial charge >= 0.3 is 0 Å². The highest BCUT2D eigenvalue weighted by molar-refractivity contribution is 5.94. The molecule has 176 valence electrons. The molecule has 0 spiro atoms. The number of nitrogens with zero attached hydrogens (tertiary/aromatic N) is 7. The molecular weight excluding hydrogens is 448 g/mol. The molecule has 0 unspecified atom stereocenters. The number of hydrogen-bond acceptors (Lipinski definition) is 8. The molecule has 4 heterocycles. The van der Waals surface area contributed by atoms with Crippen molar-refractivity contribution in [3.8, 4) is 11.4 Å². The average Bonchev–Trinajstić information content (AvgIpc) is 3.49.